The molecule has 0 bridgehead atoms. The minimum Gasteiger partial charge on any atom is -0.494 e. The largest absolute Gasteiger partial charge is 0.494 e. The first-order chi connectivity index (χ1) is 15.7. The van der Waals surface area contributed by atoms with Gasteiger partial charge in [0, 0.05) is 36.7 Å². The first-order valence-corrected chi connectivity index (χ1v) is 11.2. The van der Waals surface area contributed by atoms with Crippen molar-refractivity contribution in [2.24, 2.45) is 7.05 Å². The van der Waals surface area contributed by atoms with Gasteiger partial charge in [-0.1, -0.05) is 36.4 Å². The van der Waals surface area contributed by atoms with Crippen molar-refractivity contribution in [3.8, 4) is 5.75 Å². The number of carboxylic acid groups (broad SMARTS) is 1. The van der Waals surface area contributed by atoms with Crippen LogP contribution in [-0.4, -0.2) is 22.2 Å². The molecule has 0 aliphatic carbocycles. The normalized spacial score (nSPS) is 11.7. The van der Waals surface area contributed by atoms with Crippen LogP contribution in [0.3, 0.4) is 0 Å². The van der Waals surface area contributed by atoms with Gasteiger partial charge in [0.05, 0.1) is 6.61 Å². The van der Waals surface area contributed by atoms with Gasteiger partial charge in [-0.05, 0) is 77.9 Å². The third-order valence-corrected chi connectivity index (χ3v) is 5.87. The smallest absolute Gasteiger partial charge is 0.303 e. The molecule has 3 aromatic rings. The SMILES string of the molecule is C=C(CC(c1ccc(OCCCC(=O)O)cc1)c1ccc(Cl)cc1C)c1ccc(=O)n(C)c1. The fourth-order valence-corrected chi connectivity index (χ4v) is 4.04. The molecule has 33 heavy (non-hydrogen) atoms. The molecule has 1 aromatic heterocycles. The number of nitrogens with zero attached hydrogens (tertiary/aromatic N) is 1. The maximum Gasteiger partial charge on any atom is 0.303 e. The standard InChI is InChI=1S/C27H28ClNO4/c1-18(21-8-13-26(30)29(3)17-21)16-25(24-12-9-22(28)15-19(24)2)20-6-10-23(11-7-20)33-14-4-5-27(31)32/h6-13,15,17,25H,1,4-5,14,16H2,2-3H3,(H,31,32). The lowest BCUT2D eigenvalue weighted by atomic mass is 9.83. The molecule has 0 fully saturated rings. The molecule has 1 N–H and O–H groups in total. The third kappa shape index (κ3) is 6.59. The van der Waals surface area contributed by atoms with E-state index in [9.17, 15) is 9.59 Å². The van der Waals surface area contributed by atoms with Crippen LogP contribution in [0.15, 0.2) is 72.2 Å². The van der Waals surface area contributed by atoms with E-state index in [0.717, 1.165) is 27.8 Å². The number of halogens is 1. The Morgan fingerprint density at radius 1 is 1.15 bits per heavy atom. The Kier molecular flexibility index (Phi) is 8.12. The molecule has 1 atom stereocenters. The molecule has 5 nitrogen and oxygen atoms in total. The van der Waals surface area contributed by atoms with Gasteiger partial charge in [-0.2, -0.15) is 0 Å². The van der Waals surface area contributed by atoms with Gasteiger partial charge in [-0.25, -0.2) is 0 Å². The molecule has 1 heterocycles. The summed E-state index contributed by atoms with van der Waals surface area (Å²) in [5.41, 5.74) is 5.14. The highest BCUT2D eigenvalue weighted by atomic mass is 35.5. The molecule has 0 aliphatic heterocycles. The lowest BCUT2D eigenvalue weighted by molar-refractivity contribution is -0.137. The zero-order valence-corrected chi connectivity index (χ0v) is 19.6. The number of carboxylic acids is 1. The number of benzene rings is 2. The average molecular weight is 466 g/mol. The Hall–Kier alpha value is -3.31. The number of aliphatic carboxylic acids is 1. The first kappa shape index (κ1) is 24.3. The van der Waals surface area contributed by atoms with E-state index < -0.39 is 5.97 Å². The van der Waals surface area contributed by atoms with Crippen molar-refractivity contribution >= 4 is 23.1 Å². The predicted octanol–water partition coefficient (Wildman–Crippen LogP) is 5.83. The number of pyridine rings is 1. The third-order valence-electron chi connectivity index (χ3n) is 5.64. The first-order valence-electron chi connectivity index (χ1n) is 10.8. The van der Waals surface area contributed by atoms with E-state index in [1.165, 1.54) is 0 Å². The molecular formula is C27H28ClNO4. The van der Waals surface area contributed by atoms with Gasteiger partial charge >= 0.3 is 5.97 Å². The van der Waals surface area contributed by atoms with Gasteiger partial charge in [0.15, 0.2) is 0 Å². The van der Waals surface area contributed by atoms with Crippen molar-refractivity contribution in [3.05, 3.63) is 105 Å². The summed E-state index contributed by atoms with van der Waals surface area (Å²) < 4.78 is 7.24. The number of rotatable bonds is 10. The van der Waals surface area contributed by atoms with Crippen LogP contribution in [0.5, 0.6) is 5.75 Å². The van der Waals surface area contributed by atoms with E-state index >= 15 is 0 Å². The zero-order chi connectivity index (χ0) is 24.0. The number of ether oxygens (including phenoxy) is 1. The summed E-state index contributed by atoms with van der Waals surface area (Å²) in [5.74, 6) is -0.0884. The highest BCUT2D eigenvalue weighted by Crippen LogP contribution is 2.36. The highest BCUT2D eigenvalue weighted by molar-refractivity contribution is 6.30. The summed E-state index contributed by atoms with van der Waals surface area (Å²) in [5, 5.41) is 9.44. The van der Waals surface area contributed by atoms with Crippen LogP contribution in [0.1, 0.15) is 47.4 Å². The summed E-state index contributed by atoms with van der Waals surface area (Å²) in [6.45, 7) is 6.70. The fraction of sp³-hybridized carbons (Fsp3) is 0.259. The summed E-state index contributed by atoms with van der Waals surface area (Å²) in [4.78, 5) is 22.4. The van der Waals surface area contributed by atoms with E-state index in [2.05, 4.69) is 6.58 Å². The van der Waals surface area contributed by atoms with E-state index in [-0.39, 0.29) is 17.9 Å². The molecule has 0 aliphatic rings. The second kappa shape index (κ2) is 11.0. The molecule has 1 unspecified atom stereocenters. The van der Waals surface area contributed by atoms with Crippen LogP contribution in [0, 0.1) is 6.92 Å². The molecule has 0 spiro atoms. The van der Waals surface area contributed by atoms with Gasteiger partial charge in [-0.15, -0.1) is 0 Å². The second-order valence-corrected chi connectivity index (χ2v) is 8.58. The number of hydrogen-bond acceptors (Lipinski definition) is 3. The predicted molar refractivity (Wildman–Crippen MR) is 132 cm³/mol. The van der Waals surface area contributed by atoms with Crippen molar-refractivity contribution in [2.75, 3.05) is 6.61 Å². The summed E-state index contributed by atoms with van der Waals surface area (Å²) in [6, 6.07) is 17.1. The Balaban J connectivity index is 1.85. The topological polar surface area (TPSA) is 68.5 Å². The number of aryl methyl sites for hydroxylation is 2. The molecule has 2 aromatic carbocycles. The van der Waals surface area contributed by atoms with E-state index in [1.807, 2.05) is 61.7 Å². The minimum atomic E-state index is -0.825. The van der Waals surface area contributed by atoms with Crippen molar-refractivity contribution < 1.29 is 14.6 Å². The Morgan fingerprint density at radius 2 is 1.88 bits per heavy atom. The van der Waals surface area contributed by atoms with Crippen molar-refractivity contribution in [1.82, 2.24) is 4.57 Å². The van der Waals surface area contributed by atoms with E-state index in [4.69, 9.17) is 21.4 Å². The minimum absolute atomic E-state index is 0.0352. The Morgan fingerprint density at radius 3 is 2.52 bits per heavy atom. The molecule has 0 saturated carbocycles. The Bertz CT molecular complexity index is 1200. The molecule has 0 radical (unpaired) electrons. The van der Waals surface area contributed by atoms with Crippen LogP contribution in [0.4, 0.5) is 0 Å². The molecule has 0 saturated heterocycles. The van der Waals surface area contributed by atoms with Gasteiger partial charge in [0.2, 0.25) is 5.56 Å². The molecular weight excluding hydrogens is 438 g/mol. The number of hydrogen-bond donors (Lipinski definition) is 1. The summed E-state index contributed by atoms with van der Waals surface area (Å²) in [7, 11) is 1.73. The second-order valence-electron chi connectivity index (χ2n) is 8.14. The Labute approximate surface area is 198 Å². The van der Waals surface area contributed by atoms with Gasteiger partial charge in [-0.3, -0.25) is 9.59 Å². The van der Waals surface area contributed by atoms with Crippen LogP contribution in [-0.2, 0) is 11.8 Å². The van der Waals surface area contributed by atoms with Crippen LogP contribution in [0.2, 0.25) is 5.02 Å². The lowest BCUT2D eigenvalue weighted by Crippen LogP contribution is -2.15. The maximum atomic E-state index is 11.8. The average Bonchev–Trinajstić information content (AvgIpc) is 2.77. The van der Waals surface area contributed by atoms with Gasteiger partial charge in [0.25, 0.3) is 0 Å². The molecule has 6 heteroatoms. The van der Waals surface area contributed by atoms with Crippen LogP contribution < -0.4 is 10.3 Å². The van der Waals surface area contributed by atoms with Gasteiger partial charge < -0.3 is 14.4 Å². The fourth-order valence-electron chi connectivity index (χ4n) is 3.81. The lowest BCUT2D eigenvalue weighted by Gasteiger charge is -2.22. The van der Waals surface area contributed by atoms with Crippen molar-refractivity contribution in [2.45, 2.75) is 32.1 Å². The van der Waals surface area contributed by atoms with Gasteiger partial charge in [0.1, 0.15) is 5.75 Å². The van der Waals surface area contributed by atoms with E-state index in [1.54, 1.807) is 17.7 Å². The number of allylic oxidation sites excluding steroid dienone is 1. The van der Waals surface area contributed by atoms with Crippen LogP contribution >= 0.6 is 11.6 Å². The van der Waals surface area contributed by atoms with Crippen LogP contribution in [0.25, 0.3) is 5.57 Å². The van der Waals surface area contributed by atoms with Crippen molar-refractivity contribution in [1.29, 1.82) is 0 Å². The van der Waals surface area contributed by atoms with E-state index in [0.29, 0.717) is 30.2 Å². The quantitative estimate of drug-likeness (QED) is 0.383. The molecule has 172 valence electrons. The number of aromatic nitrogens is 1. The maximum absolute atomic E-state index is 11.8. The zero-order valence-electron chi connectivity index (χ0n) is 18.9. The monoisotopic (exact) mass is 465 g/mol. The van der Waals surface area contributed by atoms with Crippen molar-refractivity contribution in [3.63, 3.8) is 0 Å². The summed E-state index contributed by atoms with van der Waals surface area (Å²) in [6.07, 6.45) is 3.02. The summed E-state index contributed by atoms with van der Waals surface area (Å²) >= 11 is 6.20. The molecule has 0 amide bonds. The highest BCUT2D eigenvalue weighted by Gasteiger charge is 2.19. The number of carbonyl (C=O) groups is 1. The molecule has 3 rings (SSSR count).